The number of hydrogen-bond donors (Lipinski definition) is 1. The van der Waals surface area contributed by atoms with Crippen molar-refractivity contribution in [2.45, 2.75) is 25.7 Å². The number of H-pyrrole nitrogens is 1. The average Bonchev–Trinajstić information content (AvgIpc) is 2.60. The summed E-state index contributed by atoms with van der Waals surface area (Å²) in [6.45, 7) is 1.46. The Morgan fingerprint density at radius 3 is 2.50 bits per heavy atom. The quantitative estimate of drug-likeness (QED) is 0.364. The lowest BCUT2D eigenvalue weighted by atomic mass is 10.2. The molecule has 0 unspecified atom stereocenters. The summed E-state index contributed by atoms with van der Waals surface area (Å²) in [5.41, 5.74) is 7.52. The van der Waals surface area contributed by atoms with E-state index < -0.39 is 0 Å². The number of aryl methyl sites for hydroxylation is 1. The summed E-state index contributed by atoms with van der Waals surface area (Å²) in [6, 6.07) is 6.75. The SMILES string of the molecule is COCCCCCCN=[N+]=[N-].Cn1[nH]c(=O)c2ccccc2c1=O. The van der Waals surface area contributed by atoms with Crippen molar-refractivity contribution in [3.63, 3.8) is 0 Å². The van der Waals surface area contributed by atoms with Crippen molar-refractivity contribution in [2.75, 3.05) is 20.3 Å². The molecule has 0 aliphatic heterocycles. The van der Waals surface area contributed by atoms with Crippen molar-refractivity contribution >= 4 is 10.8 Å². The summed E-state index contributed by atoms with van der Waals surface area (Å²) in [5, 5.41) is 6.76. The van der Waals surface area contributed by atoms with Gasteiger partial charge in [-0.25, -0.2) is 0 Å². The van der Waals surface area contributed by atoms with Crippen molar-refractivity contribution in [1.29, 1.82) is 0 Å². The van der Waals surface area contributed by atoms with Gasteiger partial charge in [-0.3, -0.25) is 19.4 Å². The number of unbranched alkanes of at least 4 members (excludes halogenated alkanes) is 3. The molecule has 2 aromatic rings. The van der Waals surface area contributed by atoms with Gasteiger partial charge in [0.1, 0.15) is 0 Å². The van der Waals surface area contributed by atoms with Crippen LogP contribution in [0.15, 0.2) is 39.0 Å². The number of methoxy groups -OCH3 is 1. The predicted molar refractivity (Wildman–Crippen MR) is 94.2 cm³/mol. The molecule has 0 fully saturated rings. The highest BCUT2D eigenvalue weighted by molar-refractivity contribution is 5.80. The second kappa shape index (κ2) is 11.0. The Morgan fingerprint density at radius 1 is 1.17 bits per heavy atom. The number of ether oxygens (including phenoxy) is 1. The fourth-order valence-electron chi connectivity index (χ4n) is 2.14. The van der Waals surface area contributed by atoms with Crippen molar-refractivity contribution < 1.29 is 4.74 Å². The van der Waals surface area contributed by atoms with Crippen LogP contribution in [0.1, 0.15) is 25.7 Å². The molecule has 0 aliphatic carbocycles. The van der Waals surface area contributed by atoms with Crippen molar-refractivity contribution in [3.8, 4) is 0 Å². The van der Waals surface area contributed by atoms with Crippen LogP contribution in [0.5, 0.6) is 0 Å². The lowest BCUT2D eigenvalue weighted by molar-refractivity contribution is 0.192. The molecule has 1 aromatic heterocycles. The van der Waals surface area contributed by atoms with Crippen LogP contribution in [0, 0.1) is 0 Å². The minimum Gasteiger partial charge on any atom is -0.385 e. The normalized spacial score (nSPS) is 9.92. The first kappa shape index (κ1) is 19.5. The third-order valence-electron chi connectivity index (χ3n) is 3.40. The van der Waals surface area contributed by atoms with Crippen LogP contribution < -0.4 is 11.1 Å². The number of fused-ring (bicyclic) bond motifs is 1. The van der Waals surface area contributed by atoms with Crippen molar-refractivity contribution in [2.24, 2.45) is 12.2 Å². The van der Waals surface area contributed by atoms with Gasteiger partial charge in [0.15, 0.2) is 0 Å². The largest absolute Gasteiger partial charge is 0.385 e. The van der Waals surface area contributed by atoms with E-state index in [1.54, 1.807) is 31.4 Å². The molecule has 1 aromatic carbocycles. The molecule has 0 amide bonds. The van der Waals surface area contributed by atoms with E-state index in [1.165, 1.54) is 11.7 Å². The van der Waals surface area contributed by atoms with E-state index in [9.17, 15) is 9.59 Å². The zero-order chi connectivity index (χ0) is 17.8. The van der Waals surface area contributed by atoms with Crippen LogP contribution in [0.25, 0.3) is 21.2 Å². The molecule has 2 rings (SSSR count). The molecule has 0 spiro atoms. The molecule has 24 heavy (non-hydrogen) atoms. The fourth-order valence-corrected chi connectivity index (χ4v) is 2.14. The van der Waals surface area contributed by atoms with Gasteiger partial charge in [-0.05, 0) is 30.5 Å². The number of rotatable bonds is 7. The van der Waals surface area contributed by atoms with Gasteiger partial charge in [-0.1, -0.05) is 30.1 Å². The summed E-state index contributed by atoms with van der Waals surface area (Å²) in [4.78, 5) is 25.5. The topological polar surface area (TPSA) is 113 Å². The maximum Gasteiger partial charge on any atom is 0.272 e. The summed E-state index contributed by atoms with van der Waals surface area (Å²) in [5.74, 6) is 0. The Bertz CT molecular complexity index is 790. The Balaban J connectivity index is 0.000000245. The summed E-state index contributed by atoms with van der Waals surface area (Å²) in [7, 11) is 3.23. The molecule has 0 atom stereocenters. The van der Waals surface area contributed by atoms with E-state index in [0.29, 0.717) is 17.3 Å². The molecule has 8 heteroatoms. The van der Waals surface area contributed by atoms with Gasteiger partial charge in [-0.2, -0.15) is 0 Å². The van der Waals surface area contributed by atoms with E-state index in [2.05, 4.69) is 15.1 Å². The summed E-state index contributed by atoms with van der Waals surface area (Å²) < 4.78 is 6.07. The number of azide groups is 1. The molecule has 0 aliphatic rings. The van der Waals surface area contributed by atoms with Gasteiger partial charge in [0.25, 0.3) is 11.1 Å². The Labute approximate surface area is 139 Å². The zero-order valence-electron chi connectivity index (χ0n) is 14.1. The first-order valence-corrected chi connectivity index (χ1v) is 7.79. The Kier molecular flexibility index (Phi) is 8.96. The zero-order valence-corrected chi connectivity index (χ0v) is 14.1. The van der Waals surface area contributed by atoms with Crippen molar-refractivity contribution in [3.05, 3.63) is 55.4 Å². The maximum atomic E-state index is 11.5. The predicted octanol–water partition coefficient (Wildman–Crippen LogP) is 2.73. The average molecular weight is 333 g/mol. The van der Waals surface area contributed by atoms with Gasteiger partial charge in [0.05, 0.1) is 10.8 Å². The lowest BCUT2D eigenvalue weighted by Crippen LogP contribution is -2.27. The standard InChI is InChI=1S/C9H8N2O2.C7H15N3O/c1-11-9(13)7-5-3-2-4-6(7)8(12)10-11;1-11-7-5-3-2-4-6-9-10-8/h2-5H,1H3,(H,10,12);2-7H2,1H3. The molecule has 0 saturated heterocycles. The maximum absolute atomic E-state index is 11.5. The third-order valence-corrected chi connectivity index (χ3v) is 3.40. The Hall–Kier alpha value is -2.57. The summed E-state index contributed by atoms with van der Waals surface area (Å²) >= 11 is 0. The number of hydrogen-bond acceptors (Lipinski definition) is 4. The highest BCUT2D eigenvalue weighted by Gasteiger charge is 2.02. The van der Waals surface area contributed by atoms with Gasteiger partial charge in [0.2, 0.25) is 0 Å². The molecule has 0 saturated carbocycles. The molecular weight excluding hydrogens is 310 g/mol. The van der Waals surface area contributed by atoms with Gasteiger partial charge in [0, 0.05) is 32.2 Å². The van der Waals surface area contributed by atoms with Crippen LogP contribution in [-0.4, -0.2) is 30.0 Å². The van der Waals surface area contributed by atoms with E-state index in [0.717, 1.165) is 32.3 Å². The van der Waals surface area contributed by atoms with Crippen LogP contribution >= 0.6 is 0 Å². The molecule has 1 heterocycles. The molecule has 0 bridgehead atoms. The first-order valence-electron chi connectivity index (χ1n) is 7.79. The third kappa shape index (κ3) is 6.28. The molecular formula is C16H23N5O3. The van der Waals surface area contributed by atoms with E-state index >= 15 is 0 Å². The van der Waals surface area contributed by atoms with Crippen LogP contribution in [0.2, 0.25) is 0 Å². The fraction of sp³-hybridized carbons (Fsp3) is 0.500. The first-order chi connectivity index (χ1) is 11.6. The minimum absolute atomic E-state index is 0.185. The molecule has 0 radical (unpaired) electrons. The highest BCUT2D eigenvalue weighted by atomic mass is 16.5. The second-order valence-electron chi connectivity index (χ2n) is 5.21. The van der Waals surface area contributed by atoms with Gasteiger partial charge < -0.3 is 4.74 Å². The highest BCUT2D eigenvalue weighted by Crippen LogP contribution is 2.01. The van der Waals surface area contributed by atoms with Gasteiger partial charge >= 0.3 is 0 Å². The molecule has 8 nitrogen and oxygen atoms in total. The monoisotopic (exact) mass is 333 g/mol. The molecule has 1 N–H and O–H groups in total. The Morgan fingerprint density at radius 2 is 1.83 bits per heavy atom. The number of nitrogens with one attached hydrogen (secondary N) is 1. The second-order valence-corrected chi connectivity index (χ2v) is 5.21. The number of aromatic nitrogens is 2. The lowest BCUT2D eigenvalue weighted by Gasteiger charge is -1.99. The van der Waals surface area contributed by atoms with Crippen LogP contribution in [0.4, 0.5) is 0 Å². The number of nitrogens with zero attached hydrogens (tertiary/aromatic N) is 4. The van der Waals surface area contributed by atoms with E-state index in [-0.39, 0.29) is 11.1 Å². The van der Waals surface area contributed by atoms with Crippen molar-refractivity contribution in [1.82, 2.24) is 9.78 Å². The number of aromatic amines is 1. The smallest absolute Gasteiger partial charge is 0.272 e. The van der Waals surface area contributed by atoms with E-state index in [1.807, 2.05) is 0 Å². The summed E-state index contributed by atoms with van der Waals surface area (Å²) in [6.07, 6.45) is 4.39. The van der Waals surface area contributed by atoms with Gasteiger partial charge in [-0.15, -0.1) is 0 Å². The minimum atomic E-state index is -0.238. The van der Waals surface area contributed by atoms with E-state index in [4.69, 9.17) is 10.3 Å². The number of benzene rings is 1. The molecule has 130 valence electrons. The van der Waals surface area contributed by atoms with Crippen LogP contribution in [0.3, 0.4) is 0 Å². The van der Waals surface area contributed by atoms with Crippen LogP contribution in [-0.2, 0) is 11.8 Å².